The molecule has 2 aliphatic rings. The summed E-state index contributed by atoms with van der Waals surface area (Å²) in [6.45, 7) is 12.7. The van der Waals surface area contributed by atoms with Crippen molar-refractivity contribution in [2.45, 2.75) is 84.9 Å². The maximum atomic E-state index is 13.4. The molecule has 0 atom stereocenters. The van der Waals surface area contributed by atoms with E-state index in [-0.39, 0.29) is 18.0 Å². The molecule has 7 heteroatoms. The second-order valence-electron chi connectivity index (χ2n) is 9.49. The summed E-state index contributed by atoms with van der Waals surface area (Å²) in [5, 5.41) is 0. The van der Waals surface area contributed by atoms with Gasteiger partial charge in [-0.15, -0.1) is 0 Å². The van der Waals surface area contributed by atoms with Crippen molar-refractivity contribution in [2.24, 2.45) is 0 Å². The largest absolute Gasteiger partial charge is 0.444 e. The zero-order valence-electron chi connectivity index (χ0n) is 20.8. The molecular weight excluding hydrogens is 418 g/mol. The number of piperidine rings is 1. The fraction of sp³-hybridized carbons (Fsp3) is 0.577. The van der Waals surface area contributed by atoms with Crippen LogP contribution in [0, 0.1) is 6.92 Å². The molecule has 0 spiro atoms. The monoisotopic (exact) mass is 455 g/mol. The fourth-order valence-electron chi connectivity index (χ4n) is 4.13. The summed E-state index contributed by atoms with van der Waals surface area (Å²) in [6, 6.07) is 8.01. The molecular formula is C26H37N3O4. The van der Waals surface area contributed by atoms with Crippen molar-refractivity contribution >= 4 is 12.0 Å². The van der Waals surface area contributed by atoms with Gasteiger partial charge in [-0.3, -0.25) is 4.79 Å². The summed E-state index contributed by atoms with van der Waals surface area (Å²) in [7, 11) is 0. The number of hydrogen-bond donors (Lipinski definition) is 0. The molecule has 1 saturated carbocycles. The van der Waals surface area contributed by atoms with E-state index in [1.165, 1.54) is 6.39 Å². The zero-order valence-corrected chi connectivity index (χ0v) is 20.8. The van der Waals surface area contributed by atoms with Crippen molar-refractivity contribution < 1.29 is 18.7 Å². The first-order valence-corrected chi connectivity index (χ1v) is 12.0. The molecule has 0 unspecified atom stereocenters. The number of oxazole rings is 1. The lowest BCUT2D eigenvalue weighted by atomic mass is 10.0. The molecule has 1 aliphatic carbocycles. The summed E-state index contributed by atoms with van der Waals surface area (Å²) >= 11 is 0. The topological polar surface area (TPSA) is 75.9 Å². The number of aryl methyl sites for hydroxylation is 1. The molecule has 1 aromatic carbocycles. The highest BCUT2D eigenvalue weighted by atomic mass is 16.6. The van der Waals surface area contributed by atoms with Crippen molar-refractivity contribution in [1.29, 1.82) is 0 Å². The number of hydrogen-bond acceptors (Lipinski definition) is 5. The highest BCUT2D eigenvalue weighted by Crippen LogP contribution is 2.34. The minimum Gasteiger partial charge on any atom is -0.444 e. The van der Waals surface area contributed by atoms with Gasteiger partial charge in [0.1, 0.15) is 5.60 Å². The van der Waals surface area contributed by atoms with Crippen LogP contribution < -0.4 is 0 Å². The average Bonchev–Trinajstić information content (AvgIpc) is 3.53. The van der Waals surface area contributed by atoms with Gasteiger partial charge in [0, 0.05) is 36.3 Å². The van der Waals surface area contributed by atoms with E-state index in [4.69, 9.17) is 9.15 Å². The third kappa shape index (κ3) is 6.15. The summed E-state index contributed by atoms with van der Waals surface area (Å²) < 4.78 is 10.9. The Kier molecular flexibility index (Phi) is 7.82. The standard InChI is InChI=1S/C24H31N3O4.C2H6/c1-16-21(30-15-25-16)17-5-7-18(8-6-17)22(28)27(19-9-10-19)20-11-13-26(14-12-20)23(29)31-24(2,3)4;1-2/h5-8,15,19-20H,9-14H2,1-4H3;1-2H3. The number of likely N-dealkylation sites (tertiary alicyclic amines) is 1. The first-order chi connectivity index (χ1) is 15.7. The molecule has 2 heterocycles. The maximum Gasteiger partial charge on any atom is 0.410 e. The van der Waals surface area contributed by atoms with Crippen LogP contribution in [0.4, 0.5) is 4.79 Å². The van der Waals surface area contributed by atoms with Gasteiger partial charge in [0.15, 0.2) is 12.2 Å². The molecule has 0 bridgehead atoms. The van der Waals surface area contributed by atoms with E-state index in [0.717, 1.165) is 42.7 Å². The van der Waals surface area contributed by atoms with Crippen LogP contribution in [0.15, 0.2) is 35.1 Å². The number of carbonyl (C=O) groups excluding carboxylic acids is 2. The first-order valence-electron chi connectivity index (χ1n) is 12.0. The molecule has 0 N–H and O–H groups in total. The molecule has 0 radical (unpaired) electrons. The molecule has 1 saturated heterocycles. The average molecular weight is 456 g/mol. The molecule has 1 aromatic heterocycles. The number of amides is 2. The van der Waals surface area contributed by atoms with Crippen LogP contribution in [-0.2, 0) is 4.74 Å². The fourth-order valence-corrected chi connectivity index (χ4v) is 4.13. The van der Waals surface area contributed by atoms with Crippen molar-refractivity contribution in [2.75, 3.05) is 13.1 Å². The van der Waals surface area contributed by atoms with Crippen LogP contribution in [0.1, 0.15) is 76.4 Å². The Hall–Kier alpha value is -2.83. The van der Waals surface area contributed by atoms with Gasteiger partial charge in [0.2, 0.25) is 0 Å². The number of benzene rings is 1. The second-order valence-corrected chi connectivity index (χ2v) is 9.49. The molecule has 180 valence electrons. The molecule has 7 nitrogen and oxygen atoms in total. The number of carbonyl (C=O) groups is 2. The minimum absolute atomic E-state index is 0.0686. The van der Waals surface area contributed by atoms with E-state index < -0.39 is 5.60 Å². The van der Waals surface area contributed by atoms with Crippen LogP contribution in [0.25, 0.3) is 11.3 Å². The zero-order chi connectivity index (χ0) is 24.2. The van der Waals surface area contributed by atoms with E-state index in [1.54, 1.807) is 4.90 Å². The van der Waals surface area contributed by atoms with Gasteiger partial charge in [-0.1, -0.05) is 26.0 Å². The molecule has 2 amide bonds. The van der Waals surface area contributed by atoms with Crippen molar-refractivity contribution in [3.63, 3.8) is 0 Å². The number of nitrogens with zero attached hydrogens (tertiary/aromatic N) is 3. The quantitative estimate of drug-likeness (QED) is 0.593. The van der Waals surface area contributed by atoms with Gasteiger partial charge in [0.05, 0.1) is 5.69 Å². The number of ether oxygens (including phenoxy) is 1. The first kappa shape index (κ1) is 24.8. The van der Waals surface area contributed by atoms with Crippen molar-refractivity contribution in [3.8, 4) is 11.3 Å². The normalized spacial score (nSPS) is 16.6. The smallest absolute Gasteiger partial charge is 0.410 e. The predicted molar refractivity (Wildman–Crippen MR) is 128 cm³/mol. The number of aromatic nitrogens is 1. The Morgan fingerprint density at radius 3 is 2.09 bits per heavy atom. The molecule has 2 fully saturated rings. The third-order valence-corrected chi connectivity index (χ3v) is 5.82. The van der Waals surface area contributed by atoms with Gasteiger partial charge in [-0.2, -0.15) is 0 Å². The van der Waals surface area contributed by atoms with Gasteiger partial charge >= 0.3 is 6.09 Å². The third-order valence-electron chi connectivity index (χ3n) is 5.82. The van der Waals surface area contributed by atoms with Gasteiger partial charge in [-0.25, -0.2) is 9.78 Å². The Morgan fingerprint density at radius 2 is 1.61 bits per heavy atom. The van der Waals surface area contributed by atoms with Gasteiger partial charge in [0.25, 0.3) is 5.91 Å². The Bertz CT molecular complexity index is 933. The van der Waals surface area contributed by atoms with Crippen LogP contribution in [0.3, 0.4) is 0 Å². The van der Waals surface area contributed by atoms with Crippen LogP contribution in [0.2, 0.25) is 0 Å². The lowest BCUT2D eigenvalue weighted by Gasteiger charge is -2.39. The van der Waals surface area contributed by atoms with Crippen LogP contribution >= 0.6 is 0 Å². The Balaban J connectivity index is 0.00000149. The van der Waals surface area contributed by atoms with E-state index in [9.17, 15) is 9.59 Å². The molecule has 33 heavy (non-hydrogen) atoms. The van der Waals surface area contributed by atoms with Gasteiger partial charge < -0.3 is 19.0 Å². The number of rotatable bonds is 4. The highest BCUT2D eigenvalue weighted by Gasteiger charge is 2.39. The van der Waals surface area contributed by atoms with E-state index in [0.29, 0.717) is 24.7 Å². The molecule has 1 aliphatic heterocycles. The van der Waals surface area contributed by atoms with E-state index in [2.05, 4.69) is 9.88 Å². The summed E-state index contributed by atoms with van der Waals surface area (Å²) in [5.41, 5.74) is 1.92. The van der Waals surface area contributed by atoms with Crippen molar-refractivity contribution in [1.82, 2.24) is 14.8 Å². The SMILES string of the molecule is CC.Cc1ncoc1-c1ccc(C(=O)N(C2CC2)C2CCN(C(=O)OC(C)(C)C)CC2)cc1. The summed E-state index contributed by atoms with van der Waals surface area (Å²) in [5.74, 6) is 0.798. The predicted octanol–water partition coefficient (Wildman–Crippen LogP) is 5.68. The summed E-state index contributed by atoms with van der Waals surface area (Å²) in [6.07, 6.45) is 4.81. The Morgan fingerprint density at radius 1 is 1.03 bits per heavy atom. The maximum absolute atomic E-state index is 13.4. The van der Waals surface area contributed by atoms with E-state index in [1.807, 2.05) is 65.8 Å². The highest BCUT2D eigenvalue weighted by molar-refractivity contribution is 5.95. The molecule has 4 rings (SSSR count). The van der Waals surface area contributed by atoms with E-state index >= 15 is 0 Å². The summed E-state index contributed by atoms with van der Waals surface area (Å²) in [4.78, 5) is 33.7. The lowest BCUT2D eigenvalue weighted by molar-refractivity contribution is 0.0142. The molecule has 2 aromatic rings. The minimum atomic E-state index is -0.500. The second kappa shape index (κ2) is 10.4. The Labute approximate surface area is 197 Å². The lowest BCUT2D eigenvalue weighted by Crippen LogP contribution is -2.50. The van der Waals surface area contributed by atoms with Gasteiger partial charge in [-0.05, 0) is 65.5 Å². The van der Waals surface area contributed by atoms with Crippen LogP contribution in [-0.4, -0.2) is 57.6 Å². The van der Waals surface area contributed by atoms with Crippen LogP contribution in [0.5, 0.6) is 0 Å². The van der Waals surface area contributed by atoms with Crippen molar-refractivity contribution in [3.05, 3.63) is 41.9 Å².